The van der Waals surface area contributed by atoms with Crippen LogP contribution in [0.1, 0.15) is 18.6 Å². The summed E-state index contributed by atoms with van der Waals surface area (Å²) in [5.41, 5.74) is 0.0287. The number of hydrogen-bond acceptors (Lipinski definition) is 2. The molecule has 0 aliphatic carbocycles. The lowest BCUT2D eigenvalue weighted by atomic mass is 10.1. The van der Waals surface area contributed by atoms with E-state index in [1.165, 1.54) is 18.2 Å². The fourth-order valence-corrected chi connectivity index (χ4v) is 1.26. The predicted octanol–water partition coefficient (Wildman–Crippen LogP) is 2.95. The van der Waals surface area contributed by atoms with Crippen LogP contribution in [0.15, 0.2) is 24.3 Å². The van der Waals surface area contributed by atoms with Gasteiger partial charge in [0.05, 0.1) is 6.61 Å². The summed E-state index contributed by atoms with van der Waals surface area (Å²) < 4.78 is 30.3. The molecular weight excluding hydrogens is 226 g/mol. The van der Waals surface area contributed by atoms with Gasteiger partial charge in [0.25, 0.3) is 0 Å². The number of aliphatic hydroxyl groups is 1. The third kappa shape index (κ3) is 3.32. The molecule has 1 atom stereocenters. The minimum absolute atomic E-state index is 0.0287. The van der Waals surface area contributed by atoms with E-state index in [1.54, 1.807) is 13.0 Å². The Morgan fingerprint density at radius 2 is 2.20 bits per heavy atom. The van der Waals surface area contributed by atoms with E-state index in [0.29, 0.717) is 12.4 Å². The van der Waals surface area contributed by atoms with Crippen LogP contribution >= 0.6 is 11.6 Å². The molecule has 0 spiro atoms. The number of hydrogen-bond donors (Lipinski definition) is 1. The Morgan fingerprint density at radius 1 is 1.53 bits per heavy atom. The van der Waals surface area contributed by atoms with Gasteiger partial charge in [-0.3, -0.25) is 0 Å². The largest absolute Gasteiger partial charge is 0.494 e. The van der Waals surface area contributed by atoms with Gasteiger partial charge >= 0.3 is 5.38 Å². The van der Waals surface area contributed by atoms with E-state index in [1.807, 2.05) is 0 Å². The third-order valence-corrected chi connectivity index (χ3v) is 2.00. The van der Waals surface area contributed by atoms with Gasteiger partial charge < -0.3 is 9.84 Å². The van der Waals surface area contributed by atoms with Crippen molar-refractivity contribution in [2.24, 2.45) is 0 Å². The molecule has 1 aromatic rings. The van der Waals surface area contributed by atoms with Crippen molar-refractivity contribution in [3.8, 4) is 5.75 Å². The van der Waals surface area contributed by atoms with Gasteiger partial charge in [-0.15, -0.1) is 0 Å². The first kappa shape index (κ1) is 12.2. The smallest absolute Gasteiger partial charge is 0.351 e. The van der Waals surface area contributed by atoms with Gasteiger partial charge in [0.2, 0.25) is 0 Å². The van der Waals surface area contributed by atoms with Gasteiger partial charge in [0, 0.05) is 0 Å². The number of ether oxygens (including phenoxy) is 1. The molecule has 0 radical (unpaired) electrons. The highest BCUT2D eigenvalue weighted by atomic mass is 35.5. The van der Waals surface area contributed by atoms with E-state index < -0.39 is 11.5 Å². The molecule has 1 aromatic carbocycles. The molecule has 0 aliphatic rings. The summed E-state index contributed by atoms with van der Waals surface area (Å²) in [6.45, 7) is 2.20. The maximum atomic E-state index is 12.6. The van der Waals surface area contributed by atoms with E-state index in [2.05, 4.69) is 0 Å². The summed E-state index contributed by atoms with van der Waals surface area (Å²) in [4.78, 5) is 0. The molecule has 0 aromatic heterocycles. The number of rotatable bonds is 4. The lowest BCUT2D eigenvalue weighted by Crippen LogP contribution is -2.18. The quantitative estimate of drug-likeness (QED) is 0.815. The lowest BCUT2D eigenvalue weighted by molar-refractivity contribution is -0.0425. The Kier molecular flexibility index (Phi) is 3.88. The predicted molar refractivity (Wildman–Crippen MR) is 53.4 cm³/mol. The molecule has 15 heavy (non-hydrogen) atoms. The molecule has 84 valence electrons. The number of alkyl halides is 3. The fraction of sp³-hybridized carbons (Fsp3) is 0.400. The Balaban J connectivity index is 2.90. The summed E-state index contributed by atoms with van der Waals surface area (Å²) in [6, 6.07) is 5.84. The fourth-order valence-electron chi connectivity index (χ4n) is 1.13. The van der Waals surface area contributed by atoms with Crippen molar-refractivity contribution in [1.29, 1.82) is 0 Å². The van der Waals surface area contributed by atoms with Crippen molar-refractivity contribution < 1.29 is 18.6 Å². The Bertz CT molecular complexity index is 325. The average Bonchev–Trinajstić information content (AvgIpc) is 2.16. The Hall–Kier alpha value is -0.870. The SMILES string of the molecule is CCOc1cccc(C(O)C(F)(F)Cl)c1. The molecule has 0 amide bonds. The maximum absolute atomic E-state index is 12.6. The monoisotopic (exact) mass is 236 g/mol. The normalized spacial score (nSPS) is 13.7. The molecular formula is C10H11ClF2O2. The van der Waals surface area contributed by atoms with Crippen molar-refractivity contribution >= 4 is 11.6 Å². The average molecular weight is 237 g/mol. The minimum atomic E-state index is -3.68. The summed E-state index contributed by atoms with van der Waals surface area (Å²) in [6.07, 6.45) is -2.03. The van der Waals surface area contributed by atoms with Crippen LogP contribution in [0.25, 0.3) is 0 Å². The van der Waals surface area contributed by atoms with E-state index in [9.17, 15) is 13.9 Å². The summed E-state index contributed by atoms with van der Waals surface area (Å²) in [5, 5.41) is 5.54. The zero-order valence-electron chi connectivity index (χ0n) is 8.08. The van der Waals surface area contributed by atoms with Gasteiger partial charge in [0.15, 0.2) is 6.10 Å². The van der Waals surface area contributed by atoms with Crippen LogP contribution in [-0.2, 0) is 0 Å². The summed E-state index contributed by atoms with van der Waals surface area (Å²) in [5.74, 6) is 0.426. The number of halogens is 3. The van der Waals surface area contributed by atoms with E-state index in [4.69, 9.17) is 16.3 Å². The van der Waals surface area contributed by atoms with Crippen molar-refractivity contribution in [3.05, 3.63) is 29.8 Å². The lowest BCUT2D eigenvalue weighted by Gasteiger charge is -2.16. The highest BCUT2D eigenvalue weighted by molar-refractivity contribution is 6.22. The topological polar surface area (TPSA) is 29.5 Å². The van der Waals surface area contributed by atoms with Crippen LogP contribution in [0.5, 0.6) is 5.75 Å². The Morgan fingerprint density at radius 3 is 2.73 bits per heavy atom. The van der Waals surface area contributed by atoms with E-state index in [0.717, 1.165) is 0 Å². The number of benzene rings is 1. The molecule has 0 fully saturated rings. The van der Waals surface area contributed by atoms with Gasteiger partial charge in [0.1, 0.15) is 5.75 Å². The van der Waals surface area contributed by atoms with Crippen LogP contribution in [0.3, 0.4) is 0 Å². The Labute approximate surface area is 91.4 Å². The van der Waals surface area contributed by atoms with Crippen LogP contribution < -0.4 is 4.74 Å². The molecule has 0 bridgehead atoms. The zero-order valence-corrected chi connectivity index (χ0v) is 8.84. The minimum Gasteiger partial charge on any atom is -0.494 e. The molecule has 0 saturated heterocycles. The van der Waals surface area contributed by atoms with Crippen molar-refractivity contribution in [2.75, 3.05) is 6.61 Å². The molecule has 1 unspecified atom stereocenters. The number of aliphatic hydroxyl groups excluding tert-OH is 1. The van der Waals surface area contributed by atoms with Crippen molar-refractivity contribution in [2.45, 2.75) is 18.4 Å². The first-order valence-electron chi connectivity index (χ1n) is 4.42. The maximum Gasteiger partial charge on any atom is 0.351 e. The molecule has 0 saturated carbocycles. The molecule has 0 aliphatic heterocycles. The molecule has 1 N–H and O–H groups in total. The standard InChI is InChI=1S/C10H11ClF2O2/c1-2-15-8-5-3-4-7(6-8)9(14)10(11,12)13/h3-6,9,14H,2H2,1H3. The van der Waals surface area contributed by atoms with Crippen molar-refractivity contribution in [3.63, 3.8) is 0 Å². The highest BCUT2D eigenvalue weighted by Crippen LogP contribution is 2.35. The van der Waals surface area contributed by atoms with Gasteiger partial charge in [-0.25, -0.2) is 0 Å². The first-order chi connectivity index (χ1) is 6.95. The van der Waals surface area contributed by atoms with Gasteiger partial charge in [-0.05, 0) is 36.2 Å². The first-order valence-corrected chi connectivity index (χ1v) is 4.80. The molecule has 2 nitrogen and oxygen atoms in total. The third-order valence-electron chi connectivity index (χ3n) is 1.79. The van der Waals surface area contributed by atoms with Gasteiger partial charge in [-0.2, -0.15) is 8.78 Å². The molecule has 1 rings (SSSR count). The van der Waals surface area contributed by atoms with Crippen LogP contribution in [0, 0.1) is 0 Å². The van der Waals surface area contributed by atoms with Gasteiger partial charge in [-0.1, -0.05) is 12.1 Å². The van der Waals surface area contributed by atoms with Crippen LogP contribution in [-0.4, -0.2) is 17.1 Å². The summed E-state index contributed by atoms with van der Waals surface area (Å²) in [7, 11) is 0. The van der Waals surface area contributed by atoms with E-state index >= 15 is 0 Å². The molecule has 0 heterocycles. The molecule has 5 heteroatoms. The zero-order chi connectivity index (χ0) is 11.5. The van der Waals surface area contributed by atoms with Crippen LogP contribution in [0.2, 0.25) is 0 Å². The van der Waals surface area contributed by atoms with Crippen molar-refractivity contribution in [1.82, 2.24) is 0 Å². The second kappa shape index (κ2) is 4.77. The highest BCUT2D eigenvalue weighted by Gasteiger charge is 2.36. The van der Waals surface area contributed by atoms with Crippen LogP contribution in [0.4, 0.5) is 8.78 Å². The second-order valence-corrected chi connectivity index (χ2v) is 3.45. The summed E-state index contributed by atoms with van der Waals surface area (Å²) >= 11 is 4.72. The van der Waals surface area contributed by atoms with E-state index in [-0.39, 0.29) is 5.56 Å². The second-order valence-electron chi connectivity index (χ2n) is 2.95.